The predicted octanol–water partition coefficient (Wildman–Crippen LogP) is -3.76. The Balaban J connectivity index is -0.0000000489. The molecule has 68 valence electrons. The van der Waals surface area contributed by atoms with Gasteiger partial charge in [0.1, 0.15) is 0 Å². The first-order chi connectivity index (χ1) is 4.31. The Morgan fingerprint density at radius 3 is 1.75 bits per heavy atom. The maximum atomic E-state index is 2.21. The molecule has 2 radical (unpaired) electrons. The summed E-state index contributed by atoms with van der Waals surface area (Å²) in [7, 11) is 0.750. The molecule has 0 nitrogen and oxygen atoms in total. The van der Waals surface area contributed by atoms with Crippen LogP contribution in [0.15, 0.2) is 24.3 Å². The van der Waals surface area contributed by atoms with Crippen LogP contribution in [0.25, 0.3) is 0 Å². The Morgan fingerprint density at radius 1 is 1.25 bits per heavy atom. The standard InChI is InChI=1S/C6H7.C2H7Si.2ClH.Zr/c1-6-4-2-3-5-6;1-3-2;;;/h2-5H,1H3;3H,1-2H3;2*1H;/q-1;;;;+3/p-2. The number of aryl methyl sites for hydroxylation is 1. The zero-order chi connectivity index (χ0) is 7.11. The molecule has 0 aliphatic rings. The van der Waals surface area contributed by atoms with Gasteiger partial charge in [0.05, 0.1) is 0 Å². The van der Waals surface area contributed by atoms with Crippen LogP contribution in [0, 0.1) is 6.92 Å². The third kappa shape index (κ3) is 17.2. The van der Waals surface area contributed by atoms with Crippen molar-refractivity contribution in [2.24, 2.45) is 0 Å². The minimum absolute atomic E-state index is 0. The number of halogens is 2. The molecule has 0 heterocycles. The molecule has 1 rings (SSSR count). The minimum Gasteiger partial charge on any atom is -1.00 e. The first-order valence-corrected chi connectivity index (χ1v) is 5.54. The second-order valence-electron chi connectivity index (χ2n) is 2.04. The summed E-state index contributed by atoms with van der Waals surface area (Å²) in [5.74, 6) is 0. The smallest absolute Gasteiger partial charge is 1.00 e. The molecular weight excluding hydrogens is 286 g/mol. The van der Waals surface area contributed by atoms with Gasteiger partial charge in [-0.3, -0.25) is 0 Å². The molecule has 0 unspecified atom stereocenters. The van der Waals surface area contributed by atoms with Crippen molar-refractivity contribution < 1.29 is 51.0 Å². The second-order valence-corrected chi connectivity index (χ2v) is 3.19. The Bertz CT molecular complexity index is 132. The quantitative estimate of drug-likeness (QED) is 0.341. The first-order valence-electron chi connectivity index (χ1n) is 3.23. The Labute approximate surface area is 110 Å². The SMILES string of the molecule is C[SiH]C.Cc1cc[cH-]c1.[Cl-].[Cl-].[Zr+3]. The van der Waals surface area contributed by atoms with Crippen LogP contribution < -0.4 is 24.8 Å². The summed E-state index contributed by atoms with van der Waals surface area (Å²) in [6.45, 7) is 6.50. The van der Waals surface area contributed by atoms with E-state index < -0.39 is 0 Å². The molecular formula is C8H14Cl2SiZr. The van der Waals surface area contributed by atoms with E-state index in [4.69, 9.17) is 0 Å². The normalized spacial score (nSPS) is 5.92. The van der Waals surface area contributed by atoms with Crippen molar-refractivity contribution in [3.05, 3.63) is 29.8 Å². The predicted molar refractivity (Wildman–Crippen MR) is 45.6 cm³/mol. The van der Waals surface area contributed by atoms with Gasteiger partial charge in [-0.1, -0.05) is 20.0 Å². The van der Waals surface area contributed by atoms with E-state index in [1.807, 2.05) is 12.1 Å². The summed E-state index contributed by atoms with van der Waals surface area (Å²) in [4.78, 5) is 0. The number of hydrogen-bond donors (Lipinski definition) is 0. The molecule has 0 N–H and O–H groups in total. The summed E-state index contributed by atoms with van der Waals surface area (Å²) in [5, 5.41) is 0. The monoisotopic (exact) mass is 298 g/mol. The largest absolute Gasteiger partial charge is 3.00 e. The van der Waals surface area contributed by atoms with Gasteiger partial charge in [-0.2, -0.15) is 18.2 Å². The number of hydrogen-bond acceptors (Lipinski definition) is 0. The average molecular weight is 300 g/mol. The van der Waals surface area contributed by atoms with Gasteiger partial charge in [-0.15, -0.1) is 0 Å². The van der Waals surface area contributed by atoms with Crippen molar-refractivity contribution in [2.75, 3.05) is 0 Å². The fourth-order valence-corrected chi connectivity index (χ4v) is 0.470. The number of rotatable bonds is 0. The van der Waals surface area contributed by atoms with Gasteiger partial charge in [0.2, 0.25) is 0 Å². The van der Waals surface area contributed by atoms with Crippen LogP contribution >= 0.6 is 0 Å². The van der Waals surface area contributed by atoms with E-state index in [0.29, 0.717) is 0 Å². The van der Waals surface area contributed by atoms with Crippen LogP contribution in [-0.2, 0) is 26.2 Å². The molecule has 0 fully saturated rings. The molecule has 0 bridgehead atoms. The maximum absolute atomic E-state index is 2.21. The van der Waals surface area contributed by atoms with Crippen molar-refractivity contribution in [3.8, 4) is 0 Å². The molecule has 1 aromatic carbocycles. The summed E-state index contributed by atoms with van der Waals surface area (Å²) < 4.78 is 0. The van der Waals surface area contributed by atoms with Crippen LogP contribution in [0.2, 0.25) is 13.1 Å². The van der Waals surface area contributed by atoms with E-state index in [1.54, 1.807) is 0 Å². The first kappa shape index (κ1) is 23.1. The molecule has 12 heavy (non-hydrogen) atoms. The zero-order valence-corrected chi connectivity index (χ0v) is 12.8. The average Bonchev–Trinajstić information content (AvgIpc) is 2.20. The van der Waals surface area contributed by atoms with E-state index in [2.05, 4.69) is 32.2 Å². The van der Waals surface area contributed by atoms with Crippen molar-refractivity contribution in [1.29, 1.82) is 0 Å². The van der Waals surface area contributed by atoms with Crippen molar-refractivity contribution >= 4 is 9.52 Å². The second kappa shape index (κ2) is 17.9. The molecule has 0 spiro atoms. The van der Waals surface area contributed by atoms with Gasteiger partial charge in [0.25, 0.3) is 0 Å². The maximum Gasteiger partial charge on any atom is 3.00 e. The molecule has 0 amide bonds. The molecule has 0 atom stereocenters. The van der Waals surface area contributed by atoms with E-state index in [0.717, 1.165) is 9.52 Å². The van der Waals surface area contributed by atoms with E-state index in [1.165, 1.54) is 5.56 Å². The van der Waals surface area contributed by atoms with Crippen molar-refractivity contribution in [3.63, 3.8) is 0 Å². The van der Waals surface area contributed by atoms with Crippen LogP contribution in [0.3, 0.4) is 0 Å². The summed E-state index contributed by atoms with van der Waals surface area (Å²) in [6.07, 6.45) is 0. The summed E-state index contributed by atoms with van der Waals surface area (Å²) in [6, 6.07) is 8.24. The van der Waals surface area contributed by atoms with Crippen molar-refractivity contribution in [2.45, 2.75) is 20.0 Å². The van der Waals surface area contributed by atoms with Crippen molar-refractivity contribution in [1.82, 2.24) is 0 Å². The molecule has 0 saturated heterocycles. The van der Waals surface area contributed by atoms with E-state index >= 15 is 0 Å². The molecule has 1 aromatic rings. The van der Waals surface area contributed by atoms with Gasteiger partial charge in [-0.05, 0) is 0 Å². The van der Waals surface area contributed by atoms with Gasteiger partial charge in [0, 0.05) is 9.52 Å². The van der Waals surface area contributed by atoms with E-state index in [9.17, 15) is 0 Å². The molecule has 4 heteroatoms. The Morgan fingerprint density at radius 2 is 1.67 bits per heavy atom. The van der Waals surface area contributed by atoms with Crippen LogP contribution in [0.4, 0.5) is 0 Å². The van der Waals surface area contributed by atoms with E-state index in [-0.39, 0.29) is 51.0 Å². The Hall–Kier alpha value is 1.03. The molecule has 0 aliphatic heterocycles. The fraction of sp³-hybridized carbons (Fsp3) is 0.375. The van der Waals surface area contributed by atoms with Gasteiger partial charge < -0.3 is 24.8 Å². The minimum atomic E-state index is 0. The zero-order valence-electron chi connectivity index (χ0n) is 7.64. The van der Waals surface area contributed by atoms with Gasteiger partial charge >= 0.3 is 26.2 Å². The van der Waals surface area contributed by atoms with Gasteiger partial charge in [-0.25, -0.2) is 11.6 Å². The topological polar surface area (TPSA) is 0 Å². The molecule has 0 aromatic heterocycles. The molecule has 0 aliphatic carbocycles. The Kier molecular flexibility index (Phi) is 34.6. The van der Waals surface area contributed by atoms with Gasteiger partial charge in [0.15, 0.2) is 0 Å². The third-order valence-corrected chi connectivity index (χ3v) is 0.829. The fourth-order valence-electron chi connectivity index (χ4n) is 0.470. The third-order valence-electron chi connectivity index (χ3n) is 0.829. The summed E-state index contributed by atoms with van der Waals surface area (Å²) in [5.41, 5.74) is 1.34. The van der Waals surface area contributed by atoms with Crippen LogP contribution in [0.1, 0.15) is 5.56 Å². The van der Waals surface area contributed by atoms with Crippen LogP contribution in [-0.4, -0.2) is 9.52 Å². The van der Waals surface area contributed by atoms with Crippen LogP contribution in [0.5, 0.6) is 0 Å². The molecule has 0 saturated carbocycles. The summed E-state index contributed by atoms with van der Waals surface area (Å²) >= 11 is 0.